The maximum absolute atomic E-state index is 12.6. The van der Waals surface area contributed by atoms with Crippen LogP contribution in [0.3, 0.4) is 0 Å². The molecule has 3 rings (SSSR count). The molecule has 1 aromatic heterocycles. The van der Waals surface area contributed by atoms with Crippen LogP contribution in [0.2, 0.25) is 0 Å². The van der Waals surface area contributed by atoms with Gasteiger partial charge in [-0.2, -0.15) is 0 Å². The van der Waals surface area contributed by atoms with Gasteiger partial charge >= 0.3 is 11.9 Å². The lowest BCUT2D eigenvalue weighted by molar-refractivity contribution is -0.113. The smallest absolute Gasteiger partial charge is 0.337 e. The molecule has 2 aromatic carbocycles. The second-order valence-electron chi connectivity index (χ2n) is 6.86. The number of anilines is 1. The number of ether oxygens (including phenoxy) is 3. The first kappa shape index (κ1) is 24.8. The standard InChI is InChI=1S/C23H24N4O6S/c1-4-27-19(13-33-18-8-6-5-7-9-18)25-26-23(27)34-14-20(28)24-17-11-15(21(29)31-2)10-16(12-17)22(30)32-3/h5-12H,4,13-14H2,1-3H3,(H,24,28). The van der Waals surface area contributed by atoms with Gasteiger partial charge in [0, 0.05) is 12.2 Å². The lowest BCUT2D eigenvalue weighted by atomic mass is 10.1. The number of esters is 2. The Bertz CT molecular complexity index is 1130. The summed E-state index contributed by atoms with van der Waals surface area (Å²) in [7, 11) is 2.45. The van der Waals surface area contributed by atoms with E-state index in [1.165, 1.54) is 44.2 Å². The molecule has 0 unspecified atom stereocenters. The summed E-state index contributed by atoms with van der Waals surface area (Å²) in [5.41, 5.74) is 0.493. The van der Waals surface area contributed by atoms with Crippen LogP contribution in [0.1, 0.15) is 33.5 Å². The van der Waals surface area contributed by atoms with Crippen LogP contribution in [0, 0.1) is 0 Å². The Morgan fingerprint density at radius 1 is 0.971 bits per heavy atom. The molecule has 0 bridgehead atoms. The number of hydrogen-bond donors (Lipinski definition) is 1. The van der Waals surface area contributed by atoms with E-state index in [0.717, 1.165) is 5.75 Å². The highest BCUT2D eigenvalue weighted by Crippen LogP contribution is 2.21. The molecule has 0 aliphatic rings. The highest BCUT2D eigenvalue weighted by molar-refractivity contribution is 7.99. The normalized spacial score (nSPS) is 10.4. The van der Waals surface area contributed by atoms with Crippen molar-refractivity contribution in [1.29, 1.82) is 0 Å². The van der Waals surface area contributed by atoms with Crippen molar-refractivity contribution in [3.05, 3.63) is 65.5 Å². The van der Waals surface area contributed by atoms with Crippen molar-refractivity contribution >= 4 is 35.3 Å². The number of carbonyl (C=O) groups excluding carboxylic acids is 3. The van der Waals surface area contributed by atoms with Gasteiger partial charge in [-0.05, 0) is 37.3 Å². The Morgan fingerprint density at radius 2 is 1.62 bits per heavy atom. The summed E-state index contributed by atoms with van der Waals surface area (Å²) in [6.07, 6.45) is 0. The highest BCUT2D eigenvalue weighted by atomic mass is 32.2. The van der Waals surface area contributed by atoms with Gasteiger partial charge in [-0.1, -0.05) is 30.0 Å². The van der Waals surface area contributed by atoms with Crippen molar-refractivity contribution in [2.75, 3.05) is 25.3 Å². The summed E-state index contributed by atoms with van der Waals surface area (Å²) in [5.74, 6) is -0.234. The van der Waals surface area contributed by atoms with Crippen molar-refractivity contribution in [3.8, 4) is 5.75 Å². The molecule has 1 amide bonds. The summed E-state index contributed by atoms with van der Waals surface area (Å²) in [5, 5.41) is 11.6. The minimum Gasteiger partial charge on any atom is -0.486 e. The lowest BCUT2D eigenvalue weighted by Crippen LogP contribution is -2.16. The molecule has 1 N–H and O–H groups in total. The number of rotatable bonds is 10. The molecular weight excluding hydrogens is 460 g/mol. The summed E-state index contributed by atoms with van der Waals surface area (Å²) in [6.45, 7) is 2.80. The Kier molecular flexibility index (Phi) is 8.63. The van der Waals surface area contributed by atoms with Gasteiger partial charge in [0.25, 0.3) is 0 Å². The zero-order valence-corrected chi connectivity index (χ0v) is 19.8. The third-order valence-corrected chi connectivity index (χ3v) is 5.58. The van der Waals surface area contributed by atoms with Crippen LogP contribution in [0.15, 0.2) is 53.7 Å². The number of hydrogen-bond acceptors (Lipinski definition) is 9. The molecule has 1 heterocycles. The van der Waals surface area contributed by atoms with E-state index in [9.17, 15) is 14.4 Å². The first-order valence-corrected chi connectivity index (χ1v) is 11.3. The van der Waals surface area contributed by atoms with Crippen molar-refractivity contribution in [2.24, 2.45) is 0 Å². The van der Waals surface area contributed by atoms with E-state index in [0.29, 0.717) is 17.5 Å². The van der Waals surface area contributed by atoms with Crippen LogP contribution in [-0.4, -0.2) is 52.6 Å². The molecule has 10 nitrogen and oxygen atoms in total. The van der Waals surface area contributed by atoms with E-state index in [1.54, 1.807) is 0 Å². The quantitative estimate of drug-likeness (QED) is 0.341. The molecule has 0 atom stereocenters. The zero-order valence-electron chi connectivity index (χ0n) is 18.9. The van der Waals surface area contributed by atoms with Gasteiger partial charge in [0.1, 0.15) is 12.4 Å². The number of nitrogens with zero attached hydrogens (tertiary/aromatic N) is 3. The lowest BCUT2D eigenvalue weighted by Gasteiger charge is -2.10. The van der Waals surface area contributed by atoms with Gasteiger partial charge in [0.2, 0.25) is 5.91 Å². The number of benzene rings is 2. The van der Waals surface area contributed by atoms with E-state index >= 15 is 0 Å². The van der Waals surface area contributed by atoms with Gasteiger partial charge < -0.3 is 24.1 Å². The largest absolute Gasteiger partial charge is 0.486 e. The fourth-order valence-electron chi connectivity index (χ4n) is 3.01. The monoisotopic (exact) mass is 484 g/mol. The second kappa shape index (κ2) is 11.8. The number of carbonyl (C=O) groups is 3. The Morgan fingerprint density at radius 3 is 2.21 bits per heavy atom. The zero-order chi connectivity index (χ0) is 24.5. The molecule has 0 radical (unpaired) electrons. The molecule has 0 fully saturated rings. The summed E-state index contributed by atoms with van der Waals surface area (Å²) in [6, 6.07) is 13.6. The third kappa shape index (κ3) is 6.35. The SMILES string of the molecule is CCn1c(COc2ccccc2)nnc1SCC(=O)Nc1cc(C(=O)OC)cc(C(=O)OC)c1. The third-order valence-electron chi connectivity index (χ3n) is 4.61. The van der Waals surface area contributed by atoms with Gasteiger partial charge in [-0.15, -0.1) is 10.2 Å². The number of aromatic nitrogens is 3. The highest BCUT2D eigenvalue weighted by Gasteiger charge is 2.17. The summed E-state index contributed by atoms with van der Waals surface area (Å²) in [4.78, 5) is 36.4. The van der Waals surface area contributed by atoms with E-state index in [-0.39, 0.29) is 35.1 Å². The Hall–Kier alpha value is -3.86. The number of para-hydroxylation sites is 1. The Labute approximate surface area is 200 Å². The molecule has 3 aromatic rings. The molecule has 0 aliphatic carbocycles. The molecule has 0 saturated carbocycles. The molecule has 0 spiro atoms. The van der Waals surface area contributed by atoms with Crippen LogP contribution in [-0.2, 0) is 27.4 Å². The average Bonchev–Trinajstić information content (AvgIpc) is 3.27. The molecule has 34 heavy (non-hydrogen) atoms. The minimum atomic E-state index is -0.642. The predicted molar refractivity (Wildman–Crippen MR) is 125 cm³/mol. The molecular formula is C23H24N4O6S. The number of thioether (sulfide) groups is 1. The number of amides is 1. The summed E-state index contributed by atoms with van der Waals surface area (Å²) < 4.78 is 17.0. The molecule has 11 heteroatoms. The number of methoxy groups -OCH3 is 2. The van der Waals surface area contributed by atoms with Crippen LogP contribution < -0.4 is 10.1 Å². The van der Waals surface area contributed by atoms with Crippen molar-refractivity contribution in [3.63, 3.8) is 0 Å². The van der Waals surface area contributed by atoms with E-state index < -0.39 is 11.9 Å². The molecule has 0 saturated heterocycles. The average molecular weight is 485 g/mol. The Balaban J connectivity index is 1.65. The van der Waals surface area contributed by atoms with Crippen LogP contribution in [0.5, 0.6) is 5.75 Å². The molecule has 178 valence electrons. The fourth-order valence-corrected chi connectivity index (χ4v) is 3.83. The van der Waals surface area contributed by atoms with E-state index in [2.05, 4.69) is 15.5 Å². The van der Waals surface area contributed by atoms with E-state index in [1.807, 2.05) is 41.8 Å². The van der Waals surface area contributed by atoms with Crippen molar-refractivity contribution < 1.29 is 28.6 Å². The fraction of sp³-hybridized carbons (Fsp3) is 0.261. The topological polar surface area (TPSA) is 122 Å². The second-order valence-corrected chi connectivity index (χ2v) is 7.81. The van der Waals surface area contributed by atoms with Crippen LogP contribution in [0.4, 0.5) is 5.69 Å². The van der Waals surface area contributed by atoms with Gasteiger partial charge in [0.05, 0.1) is 31.1 Å². The molecule has 0 aliphatic heterocycles. The first-order chi connectivity index (χ1) is 16.4. The van der Waals surface area contributed by atoms with Gasteiger partial charge in [-0.25, -0.2) is 9.59 Å². The van der Waals surface area contributed by atoms with Crippen molar-refractivity contribution in [1.82, 2.24) is 14.8 Å². The predicted octanol–water partition coefficient (Wildman–Crippen LogP) is 3.18. The van der Waals surface area contributed by atoms with Gasteiger partial charge in [-0.3, -0.25) is 4.79 Å². The van der Waals surface area contributed by atoms with Gasteiger partial charge in [0.15, 0.2) is 11.0 Å². The van der Waals surface area contributed by atoms with Crippen LogP contribution in [0.25, 0.3) is 0 Å². The van der Waals surface area contributed by atoms with Crippen LogP contribution >= 0.6 is 11.8 Å². The maximum Gasteiger partial charge on any atom is 0.337 e. The minimum absolute atomic E-state index is 0.0354. The van der Waals surface area contributed by atoms with Crippen molar-refractivity contribution in [2.45, 2.75) is 25.2 Å². The van der Waals surface area contributed by atoms with E-state index in [4.69, 9.17) is 14.2 Å². The summed E-state index contributed by atoms with van der Waals surface area (Å²) >= 11 is 1.21. The first-order valence-electron chi connectivity index (χ1n) is 10.3. The number of nitrogens with one attached hydrogen (secondary N) is 1. The maximum atomic E-state index is 12.6.